The fourth-order valence-corrected chi connectivity index (χ4v) is 5.44. The van der Waals surface area contributed by atoms with E-state index >= 15 is 0 Å². The average molecular weight is 317 g/mol. The van der Waals surface area contributed by atoms with E-state index in [4.69, 9.17) is 5.11 Å². The molecule has 0 saturated heterocycles. The van der Waals surface area contributed by atoms with Crippen molar-refractivity contribution in [1.82, 2.24) is 4.31 Å². The van der Waals surface area contributed by atoms with Crippen LogP contribution in [0.2, 0.25) is 0 Å². The highest BCUT2D eigenvalue weighted by Crippen LogP contribution is 2.30. The summed E-state index contributed by atoms with van der Waals surface area (Å²) in [4.78, 5) is 11.1. The Hall–Kier alpha value is -0.920. The van der Waals surface area contributed by atoms with Crippen molar-refractivity contribution in [2.24, 2.45) is 5.92 Å². The van der Waals surface area contributed by atoms with Gasteiger partial charge in [0, 0.05) is 13.6 Å². The number of carbonyl (C=O) groups is 1. The van der Waals surface area contributed by atoms with E-state index in [2.05, 4.69) is 0 Å². The van der Waals surface area contributed by atoms with E-state index in [1.807, 2.05) is 0 Å². The topological polar surface area (TPSA) is 74.7 Å². The van der Waals surface area contributed by atoms with Gasteiger partial charge in [0.2, 0.25) is 0 Å². The first-order valence-corrected chi connectivity index (χ1v) is 8.88. The predicted octanol–water partition coefficient (Wildman–Crippen LogP) is 2.57. The van der Waals surface area contributed by atoms with Crippen LogP contribution in [0.5, 0.6) is 0 Å². The van der Waals surface area contributed by atoms with E-state index in [1.165, 1.54) is 23.2 Å². The lowest BCUT2D eigenvalue weighted by molar-refractivity contribution is 0.0701. The van der Waals surface area contributed by atoms with Crippen molar-refractivity contribution < 1.29 is 18.3 Å². The average Bonchev–Trinajstić information content (AvgIpc) is 2.98. The highest BCUT2D eigenvalue weighted by atomic mass is 32.2. The molecule has 2 rings (SSSR count). The van der Waals surface area contributed by atoms with E-state index in [-0.39, 0.29) is 9.09 Å². The van der Waals surface area contributed by atoms with E-state index in [0.29, 0.717) is 18.0 Å². The molecule has 0 radical (unpaired) electrons. The summed E-state index contributed by atoms with van der Waals surface area (Å²) in [5.41, 5.74) is 0.496. The monoisotopic (exact) mass is 317 g/mol. The highest BCUT2D eigenvalue weighted by Gasteiger charge is 2.28. The smallest absolute Gasteiger partial charge is 0.346 e. The molecule has 0 atom stereocenters. The summed E-state index contributed by atoms with van der Waals surface area (Å²) in [6.07, 6.45) is 4.48. The summed E-state index contributed by atoms with van der Waals surface area (Å²) >= 11 is 0.832. The van der Waals surface area contributed by atoms with Crippen LogP contribution in [0.3, 0.4) is 0 Å². The van der Waals surface area contributed by atoms with Crippen molar-refractivity contribution in [3.05, 3.63) is 16.5 Å². The maximum absolute atomic E-state index is 12.5. The molecule has 1 aliphatic carbocycles. The molecule has 5 nitrogen and oxygen atoms in total. The van der Waals surface area contributed by atoms with Crippen LogP contribution in [0.15, 0.2) is 10.3 Å². The first-order valence-electron chi connectivity index (χ1n) is 6.62. The van der Waals surface area contributed by atoms with Gasteiger partial charge >= 0.3 is 5.97 Å². The summed E-state index contributed by atoms with van der Waals surface area (Å²) in [6, 6.07) is 1.45. The summed E-state index contributed by atoms with van der Waals surface area (Å²) in [5.74, 6) is -0.651. The third-order valence-electron chi connectivity index (χ3n) is 3.74. The molecule has 1 aromatic heterocycles. The van der Waals surface area contributed by atoms with Crippen molar-refractivity contribution in [1.29, 1.82) is 0 Å². The molecule has 1 fully saturated rings. The number of hydrogen-bond donors (Lipinski definition) is 1. The third-order valence-corrected chi connectivity index (χ3v) is 7.24. The van der Waals surface area contributed by atoms with Crippen molar-refractivity contribution in [2.75, 3.05) is 13.6 Å². The van der Waals surface area contributed by atoms with E-state index < -0.39 is 16.0 Å². The summed E-state index contributed by atoms with van der Waals surface area (Å²) < 4.78 is 26.4. The Labute approximate surface area is 123 Å². The SMILES string of the molecule is Cc1cc(S(=O)(=O)N(C)CC2CCCC2)sc1C(=O)O. The lowest BCUT2D eigenvalue weighted by Crippen LogP contribution is -2.30. The zero-order chi connectivity index (χ0) is 14.9. The molecule has 1 saturated carbocycles. The third kappa shape index (κ3) is 3.05. The largest absolute Gasteiger partial charge is 0.477 e. The molecule has 0 spiro atoms. The van der Waals surface area contributed by atoms with Crippen molar-refractivity contribution in [3.63, 3.8) is 0 Å². The maximum Gasteiger partial charge on any atom is 0.346 e. The first kappa shape index (κ1) is 15.5. The number of carboxylic acids is 1. The number of aryl methyl sites for hydroxylation is 1. The second kappa shape index (κ2) is 5.83. The molecule has 0 bridgehead atoms. The lowest BCUT2D eigenvalue weighted by Gasteiger charge is -2.19. The van der Waals surface area contributed by atoms with Crippen molar-refractivity contribution in [3.8, 4) is 0 Å². The minimum absolute atomic E-state index is 0.0952. The van der Waals surface area contributed by atoms with Crippen LogP contribution in [0.1, 0.15) is 40.9 Å². The summed E-state index contributed by atoms with van der Waals surface area (Å²) in [7, 11) is -2.00. The number of hydrogen-bond acceptors (Lipinski definition) is 4. The Morgan fingerprint density at radius 3 is 2.55 bits per heavy atom. The predicted molar refractivity (Wildman–Crippen MR) is 77.8 cm³/mol. The van der Waals surface area contributed by atoms with Gasteiger partial charge in [-0.3, -0.25) is 0 Å². The van der Waals surface area contributed by atoms with Crippen LogP contribution in [0, 0.1) is 12.8 Å². The maximum atomic E-state index is 12.5. The molecule has 1 aromatic rings. The van der Waals surface area contributed by atoms with E-state index in [9.17, 15) is 13.2 Å². The normalized spacial score (nSPS) is 16.9. The zero-order valence-electron chi connectivity index (χ0n) is 11.6. The quantitative estimate of drug-likeness (QED) is 0.905. The molecule has 7 heteroatoms. The van der Waals surface area contributed by atoms with Gasteiger partial charge in [-0.05, 0) is 37.3 Å². The van der Waals surface area contributed by atoms with Gasteiger partial charge in [-0.1, -0.05) is 12.8 Å². The molecular weight excluding hydrogens is 298 g/mol. The zero-order valence-corrected chi connectivity index (χ0v) is 13.3. The molecule has 20 heavy (non-hydrogen) atoms. The van der Waals surface area contributed by atoms with Gasteiger partial charge in [0.25, 0.3) is 10.0 Å². The molecule has 1 heterocycles. The van der Waals surface area contributed by atoms with Crippen LogP contribution in [-0.4, -0.2) is 37.4 Å². The van der Waals surface area contributed by atoms with Gasteiger partial charge in [0.1, 0.15) is 9.09 Å². The summed E-state index contributed by atoms with van der Waals surface area (Å²) in [5, 5.41) is 9.02. The molecule has 0 aliphatic heterocycles. The van der Waals surface area contributed by atoms with Crippen LogP contribution in [0.4, 0.5) is 0 Å². The fourth-order valence-electron chi connectivity index (χ4n) is 2.60. The Balaban J connectivity index is 2.20. The van der Waals surface area contributed by atoms with E-state index in [0.717, 1.165) is 24.2 Å². The van der Waals surface area contributed by atoms with Crippen LogP contribution in [-0.2, 0) is 10.0 Å². The molecule has 0 aromatic carbocycles. The molecule has 1 N–H and O–H groups in total. The Kier molecular flexibility index (Phi) is 4.51. The van der Waals surface area contributed by atoms with Crippen molar-refractivity contribution in [2.45, 2.75) is 36.8 Å². The van der Waals surface area contributed by atoms with Crippen LogP contribution < -0.4 is 0 Å². The number of aromatic carboxylic acids is 1. The number of rotatable bonds is 5. The Morgan fingerprint density at radius 1 is 1.45 bits per heavy atom. The fraction of sp³-hybridized carbons (Fsp3) is 0.615. The van der Waals surface area contributed by atoms with Gasteiger partial charge in [-0.2, -0.15) is 4.31 Å². The molecule has 112 valence electrons. The standard InChI is InChI=1S/C13H19NO4S2/c1-9-7-11(19-12(9)13(15)16)20(17,18)14(2)8-10-5-3-4-6-10/h7,10H,3-6,8H2,1-2H3,(H,15,16). The Morgan fingerprint density at radius 2 is 2.05 bits per heavy atom. The van der Waals surface area contributed by atoms with Crippen LogP contribution in [0.25, 0.3) is 0 Å². The minimum atomic E-state index is -3.57. The number of nitrogens with zero attached hydrogens (tertiary/aromatic N) is 1. The van der Waals surface area contributed by atoms with Gasteiger partial charge in [-0.25, -0.2) is 13.2 Å². The lowest BCUT2D eigenvalue weighted by atomic mass is 10.1. The van der Waals surface area contributed by atoms with Gasteiger partial charge in [0.05, 0.1) is 0 Å². The van der Waals surface area contributed by atoms with Gasteiger partial charge in [-0.15, -0.1) is 11.3 Å². The molecular formula is C13H19NO4S2. The molecule has 1 aliphatic rings. The summed E-state index contributed by atoms with van der Waals surface area (Å²) in [6.45, 7) is 2.14. The molecule has 0 unspecified atom stereocenters. The second-order valence-electron chi connectivity index (χ2n) is 5.32. The number of carboxylic acid groups (broad SMARTS) is 1. The van der Waals surface area contributed by atoms with Crippen molar-refractivity contribution >= 4 is 27.3 Å². The number of sulfonamides is 1. The molecule has 0 amide bonds. The van der Waals surface area contributed by atoms with Gasteiger partial charge < -0.3 is 5.11 Å². The minimum Gasteiger partial charge on any atom is -0.477 e. The van der Waals surface area contributed by atoms with Crippen LogP contribution >= 0.6 is 11.3 Å². The van der Waals surface area contributed by atoms with E-state index in [1.54, 1.807) is 14.0 Å². The highest BCUT2D eigenvalue weighted by molar-refractivity contribution is 7.91. The first-order chi connectivity index (χ1) is 9.32. The Bertz CT molecular complexity index is 600. The second-order valence-corrected chi connectivity index (χ2v) is 8.64. The number of thiophene rings is 1. The van der Waals surface area contributed by atoms with Gasteiger partial charge in [0.15, 0.2) is 0 Å².